The van der Waals surface area contributed by atoms with E-state index >= 15 is 0 Å². The van der Waals surface area contributed by atoms with Crippen molar-refractivity contribution in [2.24, 2.45) is 4.99 Å². The van der Waals surface area contributed by atoms with E-state index in [1.807, 2.05) is 30.3 Å². The van der Waals surface area contributed by atoms with Gasteiger partial charge in [-0.25, -0.2) is 4.99 Å². The molecule has 1 nitrogen and oxygen atoms in total. The molecule has 0 bridgehead atoms. The number of rotatable bonds is 1. The summed E-state index contributed by atoms with van der Waals surface area (Å²) in [7, 11) is -3.00. The maximum absolute atomic E-state index is 4.69. The zero-order valence-corrected chi connectivity index (χ0v) is 20.6. The lowest BCUT2D eigenvalue weighted by Gasteiger charge is -2.08. The van der Waals surface area contributed by atoms with Gasteiger partial charge in [-0.05, 0) is 42.7 Å². The Hall–Kier alpha value is -2.78. The third-order valence-corrected chi connectivity index (χ3v) is 5.40. The van der Waals surface area contributed by atoms with E-state index in [2.05, 4.69) is 93.1 Å². The Morgan fingerprint density at radius 1 is 0.759 bits per heavy atom. The van der Waals surface area contributed by atoms with Crippen LogP contribution >= 0.6 is 0 Å². The van der Waals surface area contributed by atoms with E-state index in [0.717, 1.165) is 27.9 Å². The highest BCUT2D eigenvalue weighted by atomic mass is 28.3. The Morgan fingerprint density at radius 2 is 1.28 bits per heavy atom. The van der Waals surface area contributed by atoms with Crippen LogP contribution in [0.25, 0.3) is 0 Å². The Labute approximate surface area is 178 Å². The molecule has 0 heterocycles. The van der Waals surface area contributed by atoms with E-state index in [0.29, 0.717) is 0 Å². The fourth-order valence-electron chi connectivity index (χ4n) is 2.35. The maximum atomic E-state index is 4.69. The summed E-state index contributed by atoms with van der Waals surface area (Å²) in [5, 5.41) is 0. The third-order valence-electron chi connectivity index (χ3n) is 3.65. The van der Waals surface area contributed by atoms with Crippen molar-refractivity contribution < 1.29 is 0 Å². The maximum Gasteiger partial charge on any atom is 0.129 e. The second kappa shape index (κ2) is 9.62. The summed E-state index contributed by atoms with van der Waals surface area (Å²) < 4.78 is 0. The van der Waals surface area contributed by atoms with E-state index < -0.39 is 16.1 Å². The molecule has 0 unspecified atom stereocenters. The van der Waals surface area contributed by atoms with Crippen LogP contribution in [0.4, 0.5) is 5.69 Å². The Morgan fingerprint density at radius 3 is 1.76 bits per heavy atom. The van der Waals surface area contributed by atoms with Gasteiger partial charge in [0, 0.05) is 5.56 Å². The molecule has 0 saturated carbocycles. The predicted octanol–water partition coefficient (Wildman–Crippen LogP) is 6.21. The second-order valence-corrected chi connectivity index (χ2v) is 18.6. The van der Waals surface area contributed by atoms with Gasteiger partial charge in [-0.2, -0.15) is 0 Å². The monoisotopic (exact) mass is 411 g/mol. The van der Waals surface area contributed by atoms with E-state index in [1.165, 1.54) is 0 Å². The van der Waals surface area contributed by atoms with Crippen molar-refractivity contribution in [3.63, 3.8) is 0 Å². The molecule has 0 radical (unpaired) electrons. The highest BCUT2D eigenvalue weighted by Crippen LogP contribution is 2.25. The fourth-order valence-corrected chi connectivity index (χ4v) is 3.37. The van der Waals surface area contributed by atoms with Crippen LogP contribution in [0.1, 0.15) is 22.3 Å². The Bertz CT molecular complexity index is 1030. The minimum atomic E-state index is -1.50. The molecule has 0 N–H and O–H groups in total. The van der Waals surface area contributed by atoms with E-state index in [4.69, 9.17) is 4.99 Å². The molecule has 0 aliphatic carbocycles. The van der Waals surface area contributed by atoms with Crippen molar-refractivity contribution in [1.82, 2.24) is 0 Å². The van der Waals surface area contributed by atoms with E-state index in [9.17, 15) is 0 Å². The number of aryl methyl sites for hydroxylation is 1. The highest BCUT2D eigenvalue weighted by molar-refractivity contribution is 6.84. The van der Waals surface area contributed by atoms with Crippen LogP contribution in [-0.2, 0) is 0 Å². The summed E-state index contributed by atoms with van der Waals surface area (Å²) in [5.74, 6) is 12.9. The van der Waals surface area contributed by atoms with Crippen molar-refractivity contribution in [3.05, 3.63) is 64.7 Å². The average Bonchev–Trinajstić information content (AvgIpc) is 2.62. The molecule has 146 valence electrons. The zero-order chi connectivity index (χ0) is 21.5. The van der Waals surface area contributed by atoms with Gasteiger partial charge in [0.1, 0.15) is 16.1 Å². The van der Waals surface area contributed by atoms with Crippen LogP contribution < -0.4 is 0 Å². The first-order chi connectivity index (χ1) is 13.5. The second-order valence-electron chi connectivity index (χ2n) is 9.10. The van der Waals surface area contributed by atoms with Gasteiger partial charge in [-0.3, -0.25) is 0 Å². The third kappa shape index (κ3) is 8.41. The minimum Gasteiger partial charge on any atom is -0.245 e. The molecule has 0 aromatic heterocycles. The fraction of sp³-hybridized carbons (Fsp3) is 0.269. The molecular weight excluding hydrogens is 382 g/mol. The first-order valence-corrected chi connectivity index (χ1v) is 16.8. The molecule has 2 rings (SSSR count). The molecule has 0 atom stereocenters. The molecule has 0 saturated heterocycles. The summed E-state index contributed by atoms with van der Waals surface area (Å²) in [6.07, 6.45) is 1.66. The van der Waals surface area contributed by atoms with Crippen molar-refractivity contribution in [2.45, 2.75) is 46.2 Å². The quantitative estimate of drug-likeness (QED) is 0.301. The lowest BCUT2D eigenvalue weighted by molar-refractivity contribution is 1.40. The van der Waals surface area contributed by atoms with Crippen LogP contribution in [0.15, 0.2) is 47.5 Å². The molecule has 0 spiro atoms. The first-order valence-electron chi connectivity index (χ1n) is 9.84. The molecule has 0 amide bonds. The van der Waals surface area contributed by atoms with E-state index in [-0.39, 0.29) is 0 Å². The van der Waals surface area contributed by atoms with Crippen molar-refractivity contribution >= 4 is 28.0 Å². The molecule has 2 aromatic carbocycles. The van der Waals surface area contributed by atoms with Crippen LogP contribution in [0, 0.1) is 41.7 Å². The largest absolute Gasteiger partial charge is 0.245 e. The van der Waals surface area contributed by atoms with Crippen LogP contribution in [-0.4, -0.2) is 22.4 Å². The lowest BCUT2D eigenvalue weighted by atomic mass is 10.0. The van der Waals surface area contributed by atoms with Gasteiger partial charge in [0.15, 0.2) is 0 Å². The van der Waals surface area contributed by atoms with Crippen LogP contribution in [0.3, 0.4) is 0 Å². The summed E-state index contributed by atoms with van der Waals surface area (Å²) >= 11 is 0. The van der Waals surface area contributed by atoms with Crippen molar-refractivity contribution in [1.29, 1.82) is 0 Å². The van der Waals surface area contributed by atoms with Gasteiger partial charge in [0.05, 0.1) is 23.0 Å². The first kappa shape index (κ1) is 22.5. The van der Waals surface area contributed by atoms with Gasteiger partial charge in [0.25, 0.3) is 0 Å². The number of benzene rings is 2. The van der Waals surface area contributed by atoms with Gasteiger partial charge in [-0.15, -0.1) is 11.1 Å². The molecule has 3 heteroatoms. The molecular formula is C26H29NSi2. The molecule has 0 aliphatic heterocycles. The summed E-state index contributed by atoms with van der Waals surface area (Å²) in [6.45, 7) is 15.6. The minimum absolute atomic E-state index is 0.828. The van der Waals surface area contributed by atoms with Gasteiger partial charge < -0.3 is 0 Å². The normalized spacial score (nSPS) is 11.0. The lowest BCUT2D eigenvalue weighted by Crippen LogP contribution is -2.16. The Kier molecular flexibility index (Phi) is 7.47. The topological polar surface area (TPSA) is 12.4 Å². The van der Waals surface area contributed by atoms with Gasteiger partial charge in [0.2, 0.25) is 0 Å². The molecule has 29 heavy (non-hydrogen) atoms. The molecule has 2 aromatic rings. The SMILES string of the molecule is Cc1cc(C#C[Si](C)(C)C)c(N=CC#Cc2ccccc2)c(C#C[Si](C)(C)C)c1. The highest BCUT2D eigenvalue weighted by Gasteiger charge is 2.11. The zero-order valence-electron chi connectivity index (χ0n) is 18.6. The molecule has 0 fully saturated rings. The van der Waals surface area contributed by atoms with Gasteiger partial charge in [-0.1, -0.05) is 75.2 Å². The van der Waals surface area contributed by atoms with Crippen molar-refractivity contribution in [3.8, 4) is 34.8 Å². The predicted molar refractivity (Wildman–Crippen MR) is 133 cm³/mol. The Balaban J connectivity index is 2.55. The smallest absolute Gasteiger partial charge is 0.129 e. The summed E-state index contributed by atoms with van der Waals surface area (Å²) in [4.78, 5) is 4.69. The van der Waals surface area contributed by atoms with Gasteiger partial charge >= 0.3 is 0 Å². The number of hydrogen-bond acceptors (Lipinski definition) is 1. The van der Waals surface area contributed by atoms with Crippen LogP contribution in [0.5, 0.6) is 0 Å². The number of aliphatic imine (C=N–C) groups is 1. The molecule has 0 aliphatic rings. The average molecular weight is 412 g/mol. The summed E-state index contributed by atoms with van der Waals surface area (Å²) in [5.41, 5.74) is 11.7. The standard InChI is InChI=1S/C26H29NSi2/c1-22-20-24(15-18-28(2,3)4)26(25(21-22)16-19-29(5,6)7)27-17-11-14-23-12-9-8-10-13-23/h8-10,12-13,17,20-21H,1-7H3. The van der Waals surface area contributed by atoms with Crippen molar-refractivity contribution in [2.75, 3.05) is 0 Å². The summed E-state index contributed by atoms with van der Waals surface area (Å²) in [6, 6.07) is 14.1. The number of nitrogens with zero attached hydrogens (tertiary/aromatic N) is 1. The van der Waals surface area contributed by atoms with E-state index in [1.54, 1.807) is 6.21 Å². The van der Waals surface area contributed by atoms with Crippen LogP contribution in [0.2, 0.25) is 39.3 Å². The number of hydrogen-bond donors (Lipinski definition) is 0.